The molecule has 2 amide bonds. The van der Waals surface area contributed by atoms with Crippen LogP contribution in [-0.2, 0) is 19.1 Å². The third-order valence-electron chi connectivity index (χ3n) is 4.41. The van der Waals surface area contributed by atoms with Gasteiger partial charge in [-0.3, -0.25) is 9.59 Å². The first-order valence-electron chi connectivity index (χ1n) is 7.62. The van der Waals surface area contributed by atoms with Crippen LogP contribution in [0.3, 0.4) is 0 Å². The Balaban J connectivity index is 2.14. The first-order chi connectivity index (χ1) is 9.88. The van der Waals surface area contributed by atoms with Crippen LogP contribution in [0.2, 0.25) is 0 Å². The van der Waals surface area contributed by atoms with Crippen molar-refractivity contribution in [3.63, 3.8) is 0 Å². The number of hydrogen-bond donors (Lipinski definition) is 1. The Bertz CT molecular complexity index is 404. The van der Waals surface area contributed by atoms with E-state index in [0.717, 1.165) is 6.42 Å². The molecule has 2 heterocycles. The van der Waals surface area contributed by atoms with E-state index in [4.69, 9.17) is 9.47 Å². The second kappa shape index (κ2) is 6.32. The molecule has 21 heavy (non-hydrogen) atoms. The molecular formula is C15H26N2O4. The van der Waals surface area contributed by atoms with Gasteiger partial charge in [-0.2, -0.15) is 0 Å². The summed E-state index contributed by atoms with van der Waals surface area (Å²) < 4.78 is 11.0. The molecule has 2 aliphatic rings. The van der Waals surface area contributed by atoms with E-state index in [9.17, 15) is 9.59 Å². The van der Waals surface area contributed by atoms with Crippen molar-refractivity contribution in [3.05, 3.63) is 0 Å². The third kappa shape index (κ3) is 3.37. The van der Waals surface area contributed by atoms with Crippen molar-refractivity contribution in [1.29, 1.82) is 0 Å². The zero-order valence-corrected chi connectivity index (χ0v) is 13.3. The first-order valence-corrected chi connectivity index (χ1v) is 7.62. The highest BCUT2D eigenvalue weighted by Crippen LogP contribution is 2.26. The number of amides is 2. The smallest absolute Gasteiger partial charge is 0.245 e. The van der Waals surface area contributed by atoms with Crippen molar-refractivity contribution in [3.8, 4) is 0 Å². The Hall–Kier alpha value is -1.14. The van der Waals surface area contributed by atoms with Gasteiger partial charge in [0.25, 0.3) is 0 Å². The SMILES string of the molecule is COC1(CN2C(=O)C(CC(C)C)NC(=O)C2C)CCOC1. The van der Waals surface area contributed by atoms with Gasteiger partial charge in [0.05, 0.1) is 13.2 Å². The van der Waals surface area contributed by atoms with Gasteiger partial charge >= 0.3 is 0 Å². The molecule has 3 atom stereocenters. The summed E-state index contributed by atoms with van der Waals surface area (Å²) in [7, 11) is 1.64. The maximum atomic E-state index is 12.7. The quantitative estimate of drug-likeness (QED) is 0.805. The molecule has 0 saturated carbocycles. The monoisotopic (exact) mass is 298 g/mol. The summed E-state index contributed by atoms with van der Waals surface area (Å²) in [6, 6.07) is -0.890. The van der Waals surface area contributed by atoms with Crippen LogP contribution >= 0.6 is 0 Å². The van der Waals surface area contributed by atoms with Gasteiger partial charge in [-0.15, -0.1) is 0 Å². The Kier molecular flexibility index (Phi) is 4.88. The van der Waals surface area contributed by atoms with E-state index in [0.29, 0.717) is 32.1 Å². The molecule has 0 aromatic rings. The van der Waals surface area contributed by atoms with Gasteiger partial charge in [-0.05, 0) is 19.3 Å². The molecule has 0 aliphatic carbocycles. The van der Waals surface area contributed by atoms with Gasteiger partial charge in [0.2, 0.25) is 11.8 Å². The second-order valence-electron chi connectivity index (χ2n) is 6.52. The summed E-state index contributed by atoms with van der Waals surface area (Å²) in [5, 5.41) is 2.83. The van der Waals surface area contributed by atoms with Crippen molar-refractivity contribution in [2.45, 2.75) is 51.3 Å². The Morgan fingerprint density at radius 2 is 2.19 bits per heavy atom. The minimum absolute atomic E-state index is 0.0147. The zero-order chi connectivity index (χ0) is 15.6. The minimum atomic E-state index is -0.482. The fourth-order valence-electron chi connectivity index (χ4n) is 2.98. The number of hydrogen-bond acceptors (Lipinski definition) is 4. The Labute approximate surface area is 126 Å². The molecule has 2 rings (SSSR count). The van der Waals surface area contributed by atoms with E-state index in [1.54, 1.807) is 18.9 Å². The fraction of sp³-hybridized carbons (Fsp3) is 0.867. The largest absolute Gasteiger partial charge is 0.378 e. The van der Waals surface area contributed by atoms with Crippen molar-refractivity contribution < 1.29 is 19.1 Å². The van der Waals surface area contributed by atoms with Gasteiger partial charge in [0.15, 0.2) is 0 Å². The van der Waals surface area contributed by atoms with Crippen LogP contribution in [0.25, 0.3) is 0 Å². The summed E-state index contributed by atoms with van der Waals surface area (Å²) in [5.41, 5.74) is -0.482. The van der Waals surface area contributed by atoms with Crippen LogP contribution in [0.5, 0.6) is 0 Å². The van der Waals surface area contributed by atoms with Crippen LogP contribution in [-0.4, -0.2) is 61.3 Å². The Morgan fingerprint density at radius 3 is 2.71 bits per heavy atom. The highest BCUT2D eigenvalue weighted by Gasteiger charge is 2.44. The summed E-state index contributed by atoms with van der Waals surface area (Å²) in [6.07, 6.45) is 1.40. The van der Waals surface area contributed by atoms with E-state index in [2.05, 4.69) is 5.32 Å². The molecule has 0 radical (unpaired) electrons. The van der Waals surface area contributed by atoms with Gasteiger partial charge < -0.3 is 19.7 Å². The second-order valence-corrected chi connectivity index (χ2v) is 6.52. The number of ether oxygens (including phenoxy) is 2. The lowest BCUT2D eigenvalue weighted by atomic mass is 9.96. The average Bonchev–Trinajstić information content (AvgIpc) is 2.90. The van der Waals surface area contributed by atoms with Crippen molar-refractivity contribution in [1.82, 2.24) is 10.2 Å². The predicted molar refractivity (Wildman–Crippen MR) is 77.7 cm³/mol. The lowest BCUT2D eigenvalue weighted by Crippen LogP contribution is -2.65. The average molecular weight is 298 g/mol. The number of nitrogens with zero attached hydrogens (tertiary/aromatic N) is 1. The van der Waals surface area contributed by atoms with Gasteiger partial charge in [-0.25, -0.2) is 0 Å². The van der Waals surface area contributed by atoms with Crippen LogP contribution in [0.15, 0.2) is 0 Å². The maximum absolute atomic E-state index is 12.7. The number of carbonyl (C=O) groups excluding carboxylic acids is 2. The highest BCUT2D eigenvalue weighted by molar-refractivity contribution is 5.96. The first kappa shape index (κ1) is 16.2. The van der Waals surface area contributed by atoms with E-state index in [1.807, 2.05) is 13.8 Å². The predicted octanol–water partition coefficient (Wildman–Crippen LogP) is 0.554. The van der Waals surface area contributed by atoms with Crippen molar-refractivity contribution >= 4 is 11.8 Å². The normalized spacial score (nSPS) is 33.7. The fourth-order valence-corrected chi connectivity index (χ4v) is 2.98. The van der Waals surface area contributed by atoms with E-state index in [-0.39, 0.29) is 11.8 Å². The number of nitrogens with one attached hydrogen (secondary N) is 1. The molecule has 0 spiro atoms. The molecule has 1 N–H and O–H groups in total. The maximum Gasteiger partial charge on any atom is 0.245 e. The molecule has 0 aromatic heterocycles. The van der Waals surface area contributed by atoms with E-state index in [1.165, 1.54) is 0 Å². The van der Waals surface area contributed by atoms with E-state index < -0.39 is 17.7 Å². The molecule has 6 nitrogen and oxygen atoms in total. The molecule has 0 aromatic carbocycles. The van der Waals surface area contributed by atoms with Crippen LogP contribution < -0.4 is 5.32 Å². The van der Waals surface area contributed by atoms with Gasteiger partial charge in [0.1, 0.15) is 17.7 Å². The van der Waals surface area contributed by atoms with Crippen LogP contribution in [0.1, 0.15) is 33.6 Å². The van der Waals surface area contributed by atoms with Crippen molar-refractivity contribution in [2.75, 3.05) is 26.9 Å². The molecule has 6 heteroatoms. The zero-order valence-electron chi connectivity index (χ0n) is 13.3. The van der Waals surface area contributed by atoms with Crippen molar-refractivity contribution in [2.24, 2.45) is 5.92 Å². The standard InChI is InChI=1S/C15H26N2O4/c1-10(2)7-12-14(19)17(11(3)13(18)16-12)8-15(20-4)5-6-21-9-15/h10-12H,5-9H2,1-4H3,(H,16,18). The molecule has 2 aliphatic heterocycles. The van der Waals surface area contributed by atoms with Crippen LogP contribution in [0, 0.1) is 5.92 Å². The molecule has 0 bridgehead atoms. The summed E-state index contributed by atoms with van der Waals surface area (Å²) in [4.78, 5) is 26.5. The minimum Gasteiger partial charge on any atom is -0.378 e. The molecular weight excluding hydrogens is 272 g/mol. The highest BCUT2D eigenvalue weighted by atomic mass is 16.5. The van der Waals surface area contributed by atoms with E-state index >= 15 is 0 Å². The van der Waals surface area contributed by atoms with Crippen LogP contribution in [0.4, 0.5) is 0 Å². The lowest BCUT2D eigenvalue weighted by Gasteiger charge is -2.41. The summed E-state index contributed by atoms with van der Waals surface area (Å²) in [5.74, 6) is 0.241. The molecule has 2 fully saturated rings. The van der Waals surface area contributed by atoms with Gasteiger partial charge in [0, 0.05) is 20.1 Å². The number of methoxy groups -OCH3 is 1. The third-order valence-corrected chi connectivity index (χ3v) is 4.41. The molecule has 2 saturated heterocycles. The number of carbonyl (C=O) groups is 2. The topological polar surface area (TPSA) is 67.9 Å². The summed E-state index contributed by atoms with van der Waals surface area (Å²) in [6.45, 7) is 7.36. The summed E-state index contributed by atoms with van der Waals surface area (Å²) >= 11 is 0. The van der Waals surface area contributed by atoms with Gasteiger partial charge in [-0.1, -0.05) is 13.8 Å². The molecule has 120 valence electrons. The number of piperazine rings is 1. The molecule has 3 unspecified atom stereocenters. The Morgan fingerprint density at radius 1 is 1.48 bits per heavy atom. The number of rotatable bonds is 5. The lowest BCUT2D eigenvalue weighted by molar-refractivity contribution is -0.154.